The summed E-state index contributed by atoms with van der Waals surface area (Å²) >= 11 is 5.99. The van der Waals surface area contributed by atoms with Crippen LogP contribution in [0.4, 0.5) is 14.6 Å². The highest BCUT2D eigenvalue weighted by atomic mass is 35.5. The van der Waals surface area contributed by atoms with Crippen LogP contribution in [0.25, 0.3) is 16.9 Å². The molecule has 3 nitrogen and oxygen atoms in total. The zero-order chi connectivity index (χ0) is 13.6. The standard InChI is InChI=1S/C13H8ClF2N3/c14-8-4-2-6-19-12(17)11(18-13(8)19)7-3-1-5-9(15)10(7)16/h1-6H,17H2. The second-order valence-electron chi connectivity index (χ2n) is 4.00. The number of rotatable bonds is 1. The topological polar surface area (TPSA) is 43.3 Å². The molecule has 19 heavy (non-hydrogen) atoms. The smallest absolute Gasteiger partial charge is 0.168 e. The molecule has 0 saturated heterocycles. The molecular weight excluding hydrogens is 272 g/mol. The van der Waals surface area contributed by atoms with E-state index in [1.54, 1.807) is 18.3 Å². The third-order valence-corrected chi connectivity index (χ3v) is 3.14. The van der Waals surface area contributed by atoms with E-state index in [2.05, 4.69) is 4.98 Å². The van der Waals surface area contributed by atoms with E-state index < -0.39 is 11.6 Å². The van der Waals surface area contributed by atoms with Crippen LogP contribution < -0.4 is 5.73 Å². The van der Waals surface area contributed by atoms with E-state index in [-0.39, 0.29) is 17.1 Å². The molecule has 2 aromatic heterocycles. The van der Waals surface area contributed by atoms with Crippen LogP contribution in [0.2, 0.25) is 5.02 Å². The summed E-state index contributed by atoms with van der Waals surface area (Å²) in [5.41, 5.74) is 6.50. The van der Waals surface area contributed by atoms with Crippen LogP contribution in [0.15, 0.2) is 36.5 Å². The van der Waals surface area contributed by atoms with Crippen molar-refractivity contribution >= 4 is 23.1 Å². The van der Waals surface area contributed by atoms with Crippen LogP contribution in [-0.4, -0.2) is 9.38 Å². The number of anilines is 1. The van der Waals surface area contributed by atoms with Gasteiger partial charge in [-0.1, -0.05) is 17.7 Å². The molecule has 0 amide bonds. The first-order chi connectivity index (χ1) is 9.09. The molecular formula is C13H8ClF2N3. The van der Waals surface area contributed by atoms with Crippen molar-refractivity contribution < 1.29 is 8.78 Å². The second kappa shape index (κ2) is 4.20. The summed E-state index contributed by atoms with van der Waals surface area (Å²) in [6, 6.07) is 7.20. The number of fused-ring (bicyclic) bond motifs is 1. The molecule has 96 valence electrons. The molecule has 0 bridgehead atoms. The van der Waals surface area contributed by atoms with Crippen molar-refractivity contribution in [2.24, 2.45) is 0 Å². The van der Waals surface area contributed by atoms with Gasteiger partial charge >= 0.3 is 0 Å². The molecule has 0 fully saturated rings. The van der Waals surface area contributed by atoms with Gasteiger partial charge in [0.05, 0.1) is 5.02 Å². The molecule has 0 radical (unpaired) electrons. The number of nitrogens with two attached hydrogens (primary N) is 1. The van der Waals surface area contributed by atoms with Crippen LogP contribution in [0.1, 0.15) is 0 Å². The fourth-order valence-electron chi connectivity index (χ4n) is 1.94. The van der Waals surface area contributed by atoms with Crippen LogP contribution >= 0.6 is 11.6 Å². The predicted octanol–water partition coefficient (Wildman–Crippen LogP) is 3.52. The number of benzene rings is 1. The van der Waals surface area contributed by atoms with Gasteiger partial charge in [0.2, 0.25) is 0 Å². The highest BCUT2D eigenvalue weighted by Gasteiger charge is 2.18. The van der Waals surface area contributed by atoms with Gasteiger partial charge in [-0.25, -0.2) is 13.8 Å². The minimum absolute atomic E-state index is 0.0114. The molecule has 3 aromatic rings. The SMILES string of the molecule is Nc1c(-c2cccc(F)c2F)nc2c(Cl)cccn12. The Hall–Kier alpha value is -2.14. The van der Waals surface area contributed by atoms with Gasteiger partial charge in [0, 0.05) is 11.8 Å². The molecule has 1 aromatic carbocycles. The van der Waals surface area contributed by atoms with Crippen molar-refractivity contribution in [3.63, 3.8) is 0 Å². The highest BCUT2D eigenvalue weighted by Crippen LogP contribution is 2.31. The third kappa shape index (κ3) is 1.74. The van der Waals surface area contributed by atoms with E-state index in [9.17, 15) is 8.78 Å². The van der Waals surface area contributed by atoms with Gasteiger partial charge in [-0.2, -0.15) is 0 Å². The number of nitrogens with zero attached hydrogens (tertiary/aromatic N) is 2. The normalized spacial score (nSPS) is 11.1. The Kier molecular flexibility index (Phi) is 2.64. The van der Waals surface area contributed by atoms with Gasteiger partial charge in [-0.3, -0.25) is 4.40 Å². The quantitative estimate of drug-likeness (QED) is 0.741. The van der Waals surface area contributed by atoms with E-state index in [1.165, 1.54) is 16.5 Å². The van der Waals surface area contributed by atoms with E-state index in [4.69, 9.17) is 17.3 Å². The van der Waals surface area contributed by atoms with Gasteiger partial charge in [0.15, 0.2) is 17.3 Å². The van der Waals surface area contributed by atoms with Crippen molar-refractivity contribution in [1.29, 1.82) is 0 Å². The van der Waals surface area contributed by atoms with Crippen LogP contribution in [-0.2, 0) is 0 Å². The van der Waals surface area contributed by atoms with Crippen molar-refractivity contribution in [3.05, 3.63) is 53.2 Å². The molecule has 2 N–H and O–H groups in total. The lowest BCUT2D eigenvalue weighted by Crippen LogP contribution is -1.96. The number of hydrogen-bond donors (Lipinski definition) is 1. The van der Waals surface area contributed by atoms with Gasteiger partial charge in [0.1, 0.15) is 11.5 Å². The van der Waals surface area contributed by atoms with E-state index in [1.807, 2.05) is 0 Å². The summed E-state index contributed by atoms with van der Waals surface area (Å²) in [4.78, 5) is 4.18. The van der Waals surface area contributed by atoms with Gasteiger partial charge in [-0.05, 0) is 24.3 Å². The van der Waals surface area contributed by atoms with Crippen LogP contribution in [0, 0.1) is 11.6 Å². The minimum Gasteiger partial charge on any atom is -0.383 e. The molecule has 0 unspecified atom stereocenters. The lowest BCUT2D eigenvalue weighted by Gasteiger charge is -2.01. The number of imidazole rings is 1. The maximum Gasteiger partial charge on any atom is 0.168 e. The molecule has 0 aliphatic rings. The average Bonchev–Trinajstić information content (AvgIpc) is 2.72. The number of nitrogen functional groups attached to an aromatic ring is 1. The lowest BCUT2D eigenvalue weighted by atomic mass is 10.1. The lowest BCUT2D eigenvalue weighted by molar-refractivity contribution is 0.511. The Balaban J connectivity index is 2.35. The molecule has 3 rings (SSSR count). The fraction of sp³-hybridized carbons (Fsp3) is 0. The summed E-state index contributed by atoms with van der Waals surface area (Å²) < 4.78 is 28.6. The van der Waals surface area contributed by atoms with Crippen LogP contribution in [0.3, 0.4) is 0 Å². The summed E-state index contributed by atoms with van der Waals surface area (Å²) in [6.45, 7) is 0. The molecule has 0 aliphatic carbocycles. The van der Waals surface area contributed by atoms with Crippen molar-refractivity contribution in [1.82, 2.24) is 9.38 Å². The first-order valence-electron chi connectivity index (χ1n) is 5.46. The first kappa shape index (κ1) is 11.9. The fourth-order valence-corrected chi connectivity index (χ4v) is 2.14. The van der Waals surface area contributed by atoms with Crippen molar-refractivity contribution in [2.45, 2.75) is 0 Å². The third-order valence-electron chi connectivity index (χ3n) is 2.85. The highest BCUT2D eigenvalue weighted by molar-refractivity contribution is 6.33. The zero-order valence-corrected chi connectivity index (χ0v) is 10.3. The number of aromatic nitrogens is 2. The summed E-state index contributed by atoms with van der Waals surface area (Å²) in [5, 5.41) is 0.386. The number of halogens is 3. The monoisotopic (exact) mass is 279 g/mol. The molecule has 2 heterocycles. The summed E-state index contributed by atoms with van der Waals surface area (Å²) in [5.74, 6) is -1.71. The Morgan fingerprint density at radius 3 is 2.68 bits per heavy atom. The molecule has 0 atom stereocenters. The Bertz CT molecular complexity index is 783. The van der Waals surface area contributed by atoms with Gasteiger partial charge in [-0.15, -0.1) is 0 Å². The van der Waals surface area contributed by atoms with E-state index in [0.717, 1.165) is 6.07 Å². The van der Waals surface area contributed by atoms with Crippen molar-refractivity contribution in [2.75, 3.05) is 5.73 Å². The Morgan fingerprint density at radius 2 is 1.95 bits per heavy atom. The Morgan fingerprint density at radius 1 is 1.16 bits per heavy atom. The zero-order valence-electron chi connectivity index (χ0n) is 9.57. The van der Waals surface area contributed by atoms with Gasteiger partial charge < -0.3 is 5.73 Å². The summed E-state index contributed by atoms with van der Waals surface area (Å²) in [7, 11) is 0. The molecule has 0 saturated carbocycles. The van der Waals surface area contributed by atoms with E-state index in [0.29, 0.717) is 10.7 Å². The maximum absolute atomic E-state index is 13.8. The van der Waals surface area contributed by atoms with Crippen LogP contribution in [0.5, 0.6) is 0 Å². The first-order valence-corrected chi connectivity index (χ1v) is 5.84. The van der Waals surface area contributed by atoms with E-state index >= 15 is 0 Å². The maximum atomic E-state index is 13.8. The molecule has 6 heteroatoms. The number of pyridine rings is 1. The Labute approximate surface area is 112 Å². The largest absolute Gasteiger partial charge is 0.383 e. The van der Waals surface area contributed by atoms with Gasteiger partial charge in [0.25, 0.3) is 0 Å². The second-order valence-corrected chi connectivity index (χ2v) is 4.40. The summed E-state index contributed by atoms with van der Waals surface area (Å²) in [6.07, 6.45) is 1.66. The molecule has 0 aliphatic heterocycles. The number of hydrogen-bond acceptors (Lipinski definition) is 2. The predicted molar refractivity (Wildman–Crippen MR) is 70.0 cm³/mol. The minimum atomic E-state index is -0.978. The average molecular weight is 280 g/mol. The molecule has 0 spiro atoms. The van der Waals surface area contributed by atoms with Crippen molar-refractivity contribution in [3.8, 4) is 11.3 Å².